The Morgan fingerprint density at radius 1 is 1.12 bits per heavy atom. The summed E-state index contributed by atoms with van der Waals surface area (Å²) < 4.78 is 6.06. The largest absolute Gasteiger partial charge is 0.371 e. The first-order chi connectivity index (χ1) is 12.2. The Kier molecular flexibility index (Phi) is 4.55. The van der Waals surface area contributed by atoms with Crippen LogP contribution in [0, 0.1) is 12.8 Å². The van der Waals surface area contributed by atoms with E-state index in [9.17, 15) is 4.79 Å². The number of nitrogens with zero attached hydrogens (tertiary/aromatic N) is 1. The lowest BCUT2D eigenvalue weighted by atomic mass is 9.99. The van der Waals surface area contributed by atoms with Crippen LogP contribution in [-0.2, 0) is 16.1 Å². The molecule has 2 saturated heterocycles. The molecule has 2 aromatic carbocycles. The van der Waals surface area contributed by atoms with Crippen LogP contribution in [0.15, 0.2) is 54.6 Å². The number of anilines is 1. The highest BCUT2D eigenvalue weighted by atomic mass is 16.5. The Balaban J connectivity index is 1.40. The van der Waals surface area contributed by atoms with Crippen LogP contribution in [0.3, 0.4) is 0 Å². The first-order valence-corrected chi connectivity index (χ1v) is 8.97. The number of rotatable bonds is 4. The van der Waals surface area contributed by atoms with Gasteiger partial charge in [0.25, 0.3) is 0 Å². The third-order valence-electron chi connectivity index (χ3n) is 5.27. The molecule has 4 nitrogen and oxygen atoms in total. The molecule has 1 N–H and O–H groups in total. The molecule has 4 rings (SSSR count). The molecule has 2 fully saturated rings. The van der Waals surface area contributed by atoms with Gasteiger partial charge in [0.2, 0.25) is 5.91 Å². The summed E-state index contributed by atoms with van der Waals surface area (Å²) in [6.07, 6.45) is 0.967. The van der Waals surface area contributed by atoms with Crippen molar-refractivity contribution in [3.8, 4) is 0 Å². The van der Waals surface area contributed by atoms with Crippen molar-refractivity contribution in [1.82, 2.24) is 4.90 Å². The first-order valence-electron chi connectivity index (χ1n) is 8.97. The van der Waals surface area contributed by atoms with Gasteiger partial charge in [0.15, 0.2) is 0 Å². The molecule has 1 amide bonds. The van der Waals surface area contributed by atoms with E-state index in [1.165, 1.54) is 11.1 Å². The Morgan fingerprint density at radius 2 is 1.88 bits per heavy atom. The number of ether oxygens (including phenoxy) is 1. The molecule has 4 heteroatoms. The normalized spacial score (nSPS) is 25.7. The van der Waals surface area contributed by atoms with Gasteiger partial charge in [-0.25, -0.2) is 0 Å². The fourth-order valence-electron chi connectivity index (χ4n) is 3.93. The molecule has 3 atom stereocenters. The smallest absolute Gasteiger partial charge is 0.230 e. The van der Waals surface area contributed by atoms with Crippen molar-refractivity contribution in [2.75, 3.05) is 18.4 Å². The summed E-state index contributed by atoms with van der Waals surface area (Å²) in [4.78, 5) is 15.1. The molecule has 2 aliphatic rings. The molecule has 0 saturated carbocycles. The second kappa shape index (κ2) is 6.98. The maximum absolute atomic E-state index is 12.7. The van der Waals surface area contributed by atoms with E-state index in [1.807, 2.05) is 30.3 Å². The van der Waals surface area contributed by atoms with Gasteiger partial charge >= 0.3 is 0 Å². The van der Waals surface area contributed by atoms with Crippen LogP contribution in [-0.4, -0.2) is 36.1 Å². The Labute approximate surface area is 148 Å². The average Bonchev–Trinajstić information content (AvgIpc) is 2.92. The lowest BCUT2D eigenvalue weighted by molar-refractivity contribution is -0.123. The van der Waals surface area contributed by atoms with Crippen LogP contribution in [0.25, 0.3) is 0 Å². The van der Waals surface area contributed by atoms with E-state index < -0.39 is 0 Å². The van der Waals surface area contributed by atoms with Crippen LogP contribution in [0.5, 0.6) is 0 Å². The number of morpholine rings is 1. The minimum Gasteiger partial charge on any atom is -0.371 e. The summed E-state index contributed by atoms with van der Waals surface area (Å²) in [7, 11) is 0. The molecule has 2 aromatic rings. The van der Waals surface area contributed by atoms with Crippen molar-refractivity contribution >= 4 is 11.6 Å². The summed E-state index contributed by atoms with van der Waals surface area (Å²) in [5.74, 6) is 0.0171. The quantitative estimate of drug-likeness (QED) is 0.932. The number of nitrogens with one attached hydrogen (secondary N) is 1. The number of carbonyl (C=O) groups is 1. The monoisotopic (exact) mass is 336 g/mol. The molecule has 0 spiro atoms. The fraction of sp³-hybridized carbons (Fsp3) is 0.381. The van der Waals surface area contributed by atoms with E-state index >= 15 is 0 Å². The molecule has 0 unspecified atom stereocenters. The Hall–Kier alpha value is -2.17. The summed E-state index contributed by atoms with van der Waals surface area (Å²) in [5.41, 5.74) is 3.53. The van der Waals surface area contributed by atoms with E-state index in [1.54, 1.807) is 0 Å². The molecule has 0 aromatic heterocycles. The van der Waals surface area contributed by atoms with Crippen LogP contribution in [0.1, 0.15) is 17.5 Å². The van der Waals surface area contributed by atoms with E-state index in [2.05, 4.69) is 41.4 Å². The van der Waals surface area contributed by atoms with E-state index in [-0.39, 0.29) is 24.0 Å². The molecule has 0 aliphatic carbocycles. The van der Waals surface area contributed by atoms with Crippen LogP contribution in [0.2, 0.25) is 0 Å². The minimum atomic E-state index is -0.0629. The van der Waals surface area contributed by atoms with Crippen molar-refractivity contribution in [3.63, 3.8) is 0 Å². The van der Waals surface area contributed by atoms with E-state index in [0.717, 1.165) is 31.7 Å². The molecular formula is C21H24N2O2. The van der Waals surface area contributed by atoms with Gasteiger partial charge in [-0.2, -0.15) is 0 Å². The number of hydrogen-bond donors (Lipinski definition) is 1. The third kappa shape index (κ3) is 3.60. The zero-order valence-corrected chi connectivity index (χ0v) is 14.5. The summed E-state index contributed by atoms with van der Waals surface area (Å²) in [6, 6.07) is 18.2. The highest BCUT2D eigenvalue weighted by molar-refractivity contribution is 5.93. The Morgan fingerprint density at radius 3 is 2.68 bits per heavy atom. The van der Waals surface area contributed by atoms with Gasteiger partial charge in [-0.15, -0.1) is 0 Å². The van der Waals surface area contributed by atoms with Crippen molar-refractivity contribution < 1.29 is 9.53 Å². The van der Waals surface area contributed by atoms with E-state index in [4.69, 9.17) is 4.74 Å². The second-order valence-corrected chi connectivity index (χ2v) is 7.11. The number of likely N-dealkylation sites (tertiary alicyclic amines) is 1. The molecule has 2 heterocycles. The number of benzene rings is 2. The molecule has 25 heavy (non-hydrogen) atoms. The predicted molar refractivity (Wildman–Crippen MR) is 98.3 cm³/mol. The van der Waals surface area contributed by atoms with Gasteiger partial charge in [0, 0.05) is 25.3 Å². The van der Waals surface area contributed by atoms with Crippen LogP contribution >= 0.6 is 0 Å². The van der Waals surface area contributed by atoms with Gasteiger partial charge in [-0.1, -0.05) is 42.5 Å². The maximum Gasteiger partial charge on any atom is 0.230 e. The number of amides is 1. The second-order valence-electron chi connectivity index (χ2n) is 7.11. The van der Waals surface area contributed by atoms with Gasteiger partial charge in [0.05, 0.1) is 18.1 Å². The SMILES string of the molecule is Cc1ccccc1CN1C[C@@H]2C[C@H](C(=O)Nc3ccccc3)[C@@H](C1)O2. The summed E-state index contributed by atoms with van der Waals surface area (Å²) in [6.45, 7) is 4.80. The van der Waals surface area contributed by atoms with Crippen molar-refractivity contribution in [2.24, 2.45) is 5.92 Å². The molecular weight excluding hydrogens is 312 g/mol. The summed E-state index contributed by atoms with van der Waals surface area (Å²) in [5, 5.41) is 3.03. The lowest BCUT2D eigenvalue weighted by Gasteiger charge is -2.33. The topological polar surface area (TPSA) is 41.6 Å². The predicted octanol–water partition coefficient (Wildman–Crippen LogP) is 3.22. The molecule has 2 bridgehead atoms. The number of hydrogen-bond acceptors (Lipinski definition) is 3. The fourth-order valence-corrected chi connectivity index (χ4v) is 3.93. The highest BCUT2D eigenvalue weighted by Gasteiger charge is 2.44. The molecule has 0 radical (unpaired) electrons. The maximum atomic E-state index is 12.7. The molecule has 130 valence electrons. The number of carbonyl (C=O) groups excluding carboxylic acids is 1. The standard InChI is InChI=1S/C21H24N2O2/c1-15-7-5-6-8-16(15)12-23-13-18-11-19(20(14-23)25-18)21(24)22-17-9-3-2-4-10-17/h2-10,18-20H,11-14H2,1H3,(H,22,24)/t18-,19-,20+/m0/s1. The zero-order valence-electron chi connectivity index (χ0n) is 14.5. The van der Waals surface area contributed by atoms with Crippen LogP contribution in [0.4, 0.5) is 5.69 Å². The summed E-state index contributed by atoms with van der Waals surface area (Å²) >= 11 is 0. The van der Waals surface area contributed by atoms with Gasteiger partial charge < -0.3 is 10.1 Å². The van der Waals surface area contributed by atoms with Crippen molar-refractivity contribution in [2.45, 2.75) is 32.1 Å². The van der Waals surface area contributed by atoms with Gasteiger partial charge in [-0.3, -0.25) is 9.69 Å². The van der Waals surface area contributed by atoms with Crippen molar-refractivity contribution in [3.05, 3.63) is 65.7 Å². The van der Waals surface area contributed by atoms with E-state index in [0.29, 0.717) is 0 Å². The zero-order chi connectivity index (χ0) is 17.2. The average molecular weight is 336 g/mol. The third-order valence-corrected chi connectivity index (χ3v) is 5.27. The Bertz CT molecular complexity index is 747. The minimum absolute atomic E-state index is 0.00789. The van der Waals surface area contributed by atoms with Gasteiger partial charge in [0.1, 0.15) is 0 Å². The highest BCUT2D eigenvalue weighted by Crippen LogP contribution is 2.33. The number of aryl methyl sites for hydroxylation is 1. The number of fused-ring (bicyclic) bond motifs is 2. The first kappa shape index (κ1) is 16.3. The van der Waals surface area contributed by atoms with Crippen LogP contribution < -0.4 is 5.32 Å². The molecule has 2 aliphatic heterocycles. The van der Waals surface area contributed by atoms with Crippen molar-refractivity contribution in [1.29, 1.82) is 0 Å². The lowest BCUT2D eigenvalue weighted by Crippen LogP contribution is -2.44. The van der Waals surface area contributed by atoms with Gasteiger partial charge in [-0.05, 0) is 36.6 Å². The number of para-hydroxylation sites is 1.